The number of furan rings is 1. The summed E-state index contributed by atoms with van der Waals surface area (Å²) in [5, 5.41) is 0. The Morgan fingerprint density at radius 3 is 2.40 bits per heavy atom. The third-order valence-corrected chi connectivity index (χ3v) is 4.11. The van der Waals surface area contributed by atoms with Crippen LogP contribution in [-0.2, 0) is 13.2 Å². The second-order valence-corrected chi connectivity index (χ2v) is 5.91. The Morgan fingerprint density at radius 1 is 1.15 bits per heavy atom. The molecule has 2 rings (SSSR count). The molecule has 0 aliphatic rings. The molecule has 0 aliphatic heterocycles. The van der Waals surface area contributed by atoms with Crippen LogP contribution < -0.4 is 15.2 Å². The maximum Gasteiger partial charge on any atom is 0.146 e. The minimum Gasteiger partial charge on any atom is -0.496 e. The largest absolute Gasteiger partial charge is 0.496 e. The van der Waals surface area contributed by atoms with Gasteiger partial charge >= 0.3 is 0 Å². The predicted molar refractivity (Wildman–Crippen MR) is 84.1 cm³/mol. The number of hydrogen-bond acceptors (Lipinski definition) is 4. The smallest absolute Gasteiger partial charge is 0.146 e. The van der Waals surface area contributed by atoms with Crippen LogP contribution in [0.4, 0.5) is 0 Å². The number of methoxy groups -OCH3 is 1. The standard InChI is InChI=1S/C14H15Br2NO3/c1-8-9(6-17)3-10(20-8)7-19-14-5-11(15)13(18-2)4-12(14)16/h3-5H,6-7,17H2,1-2H3. The number of ether oxygens (including phenoxy) is 2. The molecule has 0 atom stereocenters. The van der Waals surface area contributed by atoms with Crippen molar-refractivity contribution in [2.24, 2.45) is 5.73 Å². The van der Waals surface area contributed by atoms with Crippen molar-refractivity contribution in [2.75, 3.05) is 7.11 Å². The Bertz CT molecular complexity index is 611. The van der Waals surface area contributed by atoms with E-state index in [4.69, 9.17) is 19.6 Å². The summed E-state index contributed by atoms with van der Waals surface area (Å²) in [5.41, 5.74) is 6.62. The van der Waals surface area contributed by atoms with Crippen LogP contribution >= 0.6 is 31.9 Å². The van der Waals surface area contributed by atoms with Crippen LogP contribution in [-0.4, -0.2) is 7.11 Å². The number of aryl methyl sites for hydroxylation is 1. The quantitative estimate of drug-likeness (QED) is 0.812. The summed E-state index contributed by atoms with van der Waals surface area (Å²) in [6.45, 7) is 2.71. The van der Waals surface area contributed by atoms with Crippen LogP contribution in [0.3, 0.4) is 0 Å². The van der Waals surface area contributed by atoms with Crippen molar-refractivity contribution in [1.29, 1.82) is 0 Å². The molecule has 4 nitrogen and oxygen atoms in total. The maximum atomic E-state index is 5.75. The number of benzene rings is 1. The lowest BCUT2D eigenvalue weighted by molar-refractivity contribution is 0.265. The van der Waals surface area contributed by atoms with E-state index in [1.165, 1.54) is 0 Å². The number of hydrogen-bond donors (Lipinski definition) is 1. The molecule has 1 aromatic carbocycles. The van der Waals surface area contributed by atoms with E-state index in [2.05, 4.69) is 31.9 Å². The lowest BCUT2D eigenvalue weighted by Gasteiger charge is -2.10. The lowest BCUT2D eigenvalue weighted by atomic mass is 10.2. The normalized spacial score (nSPS) is 10.7. The highest BCUT2D eigenvalue weighted by Crippen LogP contribution is 2.36. The van der Waals surface area contributed by atoms with Gasteiger partial charge in [0.25, 0.3) is 0 Å². The van der Waals surface area contributed by atoms with Crippen molar-refractivity contribution in [2.45, 2.75) is 20.1 Å². The molecule has 20 heavy (non-hydrogen) atoms. The first-order valence-corrected chi connectivity index (χ1v) is 7.57. The summed E-state index contributed by atoms with van der Waals surface area (Å²) < 4.78 is 18.2. The Kier molecular flexibility index (Phi) is 5.12. The molecule has 6 heteroatoms. The van der Waals surface area contributed by atoms with Crippen molar-refractivity contribution >= 4 is 31.9 Å². The van der Waals surface area contributed by atoms with E-state index in [-0.39, 0.29) is 0 Å². The van der Waals surface area contributed by atoms with Crippen molar-refractivity contribution in [3.63, 3.8) is 0 Å². The summed E-state index contributed by atoms with van der Waals surface area (Å²) in [7, 11) is 1.62. The molecule has 0 fully saturated rings. The van der Waals surface area contributed by atoms with Crippen LogP contribution in [0.15, 0.2) is 31.6 Å². The predicted octanol–water partition coefficient (Wildman–Crippen LogP) is 4.16. The maximum absolute atomic E-state index is 5.75. The first-order chi connectivity index (χ1) is 9.55. The Balaban J connectivity index is 2.12. The first-order valence-electron chi connectivity index (χ1n) is 5.99. The molecule has 0 saturated heterocycles. The molecule has 2 N–H and O–H groups in total. The van der Waals surface area contributed by atoms with Crippen molar-refractivity contribution in [3.05, 3.63) is 44.2 Å². The van der Waals surface area contributed by atoms with Gasteiger partial charge in [0.1, 0.15) is 29.6 Å². The second-order valence-electron chi connectivity index (χ2n) is 4.20. The number of nitrogens with two attached hydrogens (primary N) is 1. The Hall–Kier alpha value is -0.980. The van der Waals surface area contributed by atoms with Gasteiger partial charge in [-0.15, -0.1) is 0 Å². The molecule has 0 aliphatic carbocycles. The molecule has 0 radical (unpaired) electrons. The molecule has 0 amide bonds. The second kappa shape index (κ2) is 6.65. The first kappa shape index (κ1) is 15.4. The molecule has 0 unspecified atom stereocenters. The van der Waals surface area contributed by atoms with Crippen molar-refractivity contribution in [3.8, 4) is 11.5 Å². The van der Waals surface area contributed by atoms with Crippen LogP contribution in [0, 0.1) is 6.92 Å². The van der Waals surface area contributed by atoms with Gasteiger partial charge in [0.15, 0.2) is 0 Å². The fraction of sp³-hybridized carbons (Fsp3) is 0.286. The van der Waals surface area contributed by atoms with E-state index in [0.29, 0.717) is 18.9 Å². The fourth-order valence-corrected chi connectivity index (χ4v) is 2.71. The van der Waals surface area contributed by atoms with E-state index in [0.717, 1.165) is 31.8 Å². The average Bonchev–Trinajstić information content (AvgIpc) is 2.79. The van der Waals surface area contributed by atoms with Gasteiger partial charge in [-0.05, 0) is 57.0 Å². The van der Waals surface area contributed by atoms with Gasteiger partial charge in [-0.1, -0.05) is 0 Å². The van der Waals surface area contributed by atoms with E-state index >= 15 is 0 Å². The van der Waals surface area contributed by atoms with E-state index < -0.39 is 0 Å². The van der Waals surface area contributed by atoms with Crippen LogP contribution in [0.25, 0.3) is 0 Å². The summed E-state index contributed by atoms with van der Waals surface area (Å²) in [5.74, 6) is 3.03. The van der Waals surface area contributed by atoms with Gasteiger partial charge in [0, 0.05) is 12.1 Å². The topological polar surface area (TPSA) is 57.6 Å². The van der Waals surface area contributed by atoms with Crippen molar-refractivity contribution < 1.29 is 13.9 Å². The van der Waals surface area contributed by atoms with Crippen LogP contribution in [0.2, 0.25) is 0 Å². The van der Waals surface area contributed by atoms with E-state index in [1.54, 1.807) is 7.11 Å². The van der Waals surface area contributed by atoms with Gasteiger partial charge in [0.05, 0.1) is 16.1 Å². The summed E-state index contributed by atoms with van der Waals surface area (Å²) in [6, 6.07) is 5.61. The molecule has 0 saturated carbocycles. The number of halogens is 2. The van der Waals surface area contributed by atoms with Gasteiger partial charge < -0.3 is 19.6 Å². The fourth-order valence-electron chi connectivity index (χ4n) is 1.79. The molecule has 0 bridgehead atoms. The highest BCUT2D eigenvalue weighted by molar-refractivity contribution is 9.11. The molecule has 2 aromatic rings. The summed E-state index contributed by atoms with van der Waals surface area (Å²) in [6.07, 6.45) is 0. The highest BCUT2D eigenvalue weighted by Gasteiger charge is 2.11. The minimum absolute atomic E-state index is 0.345. The van der Waals surface area contributed by atoms with Gasteiger partial charge in [-0.25, -0.2) is 0 Å². The summed E-state index contributed by atoms with van der Waals surface area (Å²) >= 11 is 6.88. The van der Waals surface area contributed by atoms with E-state index in [9.17, 15) is 0 Å². The van der Waals surface area contributed by atoms with Gasteiger partial charge in [0.2, 0.25) is 0 Å². The zero-order valence-corrected chi connectivity index (χ0v) is 14.4. The molecule has 0 spiro atoms. The molecule has 1 heterocycles. The molecular formula is C14H15Br2NO3. The van der Waals surface area contributed by atoms with Crippen LogP contribution in [0.5, 0.6) is 11.5 Å². The zero-order chi connectivity index (χ0) is 14.7. The monoisotopic (exact) mass is 403 g/mol. The molecule has 1 aromatic heterocycles. The zero-order valence-electron chi connectivity index (χ0n) is 11.2. The van der Waals surface area contributed by atoms with E-state index in [1.807, 2.05) is 25.1 Å². The molecule has 108 valence electrons. The number of rotatable bonds is 5. The van der Waals surface area contributed by atoms with Crippen molar-refractivity contribution in [1.82, 2.24) is 0 Å². The third-order valence-electron chi connectivity index (χ3n) is 2.87. The van der Waals surface area contributed by atoms with Gasteiger partial charge in [-0.2, -0.15) is 0 Å². The highest BCUT2D eigenvalue weighted by atomic mass is 79.9. The molecular weight excluding hydrogens is 390 g/mol. The van der Waals surface area contributed by atoms with Gasteiger partial charge in [-0.3, -0.25) is 0 Å². The Labute approximate surface area is 134 Å². The lowest BCUT2D eigenvalue weighted by Crippen LogP contribution is -1.97. The van der Waals surface area contributed by atoms with Crippen LogP contribution in [0.1, 0.15) is 17.1 Å². The average molecular weight is 405 g/mol. The third kappa shape index (κ3) is 3.37. The SMILES string of the molecule is COc1cc(Br)c(OCc2cc(CN)c(C)o2)cc1Br. The summed E-state index contributed by atoms with van der Waals surface area (Å²) in [4.78, 5) is 0. The Morgan fingerprint density at radius 2 is 1.80 bits per heavy atom. The minimum atomic E-state index is 0.345.